The molecule has 0 aromatic heterocycles. The molecule has 7 heteroatoms. The molecule has 0 saturated carbocycles. The molecule has 0 amide bonds. The third-order valence-electron chi connectivity index (χ3n) is 4.76. The van der Waals surface area contributed by atoms with E-state index < -0.39 is 27.2 Å². The summed E-state index contributed by atoms with van der Waals surface area (Å²) in [5.74, 6) is -0.807. The van der Waals surface area contributed by atoms with Gasteiger partial charge >= 0.3 is 5.97 Å². The lowest BCUT2D eigenvalue weighted by atomic mass is 9.73. The van der Waals surface area contributed by atoms with Gasteiger partial charge in [0.05, 0.1) is 38.8 Å². The van der Waals surface area contributed by atoms with Gasteiger partial charge in [-0.15, -0.1) is 0 Å². The smallest absolute Gasteiger partial charge is 0.311 e. The first-order valence-electron chi connectivity index (χ1n) is 9.20. The van der Waals surface area contributed by atoms with Gasteiger partial charge in [-0.25, -0.2) is 8.93 Å². The quantitative estimate of drug-likeness (QED) is 0.493. The fraction of sp³-hybridized carbons (Fsp3) is 0.650. The summed E-state index contributed by atoms with van der Waals surface area (Å²) in [6.07, 6.45) is 0.785. The maximum Gasteiger partial charge on any atom is 0.311 e. The molecule has 1 aromatic carbocycles. The third kappa shape index (κ3) is 6.02. The van der Waals surface area contributed by atoms with Crippen molar-refractivity contribution < 1.29 is 13.7 Å². The molecule has 0 heterocycles. The first kappa shape index (κ1) is 24.6. The minimum atomic E-state index is -1.39. The number of ether oxygens (including phenoxy) is 1. The third-order valence-corrected chi connectivity index (χ3v) is 7.71. The lowest BCUT2D eigenvalue weighted by Gasteiger charge is -2.41. The van der Waals surface area contributed by atoms with Crippen LogP contribution in [0, 0.1) is 11.8 Å². The van der Waals surface area contributed by atoms with E-state index in [9.17, 15) is 9.00 Å². The molecule has 154 valence electrons. The summed E-state index contributed by atoms with van der Waals surface area (Å²) < 4.78 is 21.9. The second kappa shape index (κ2) is 9.86. The molecule has 0 aliphatic carbocycles. The first-order chi connectivity index (χ1) is 12.4. The van der Waals surface area contributed by atoms with E-state index in [1.54, 1.807) is 6.92 Å². The summed E-state index contributed by atoms with van der Waals surface area (Å²) >= 11 is 9.75. The molecule has 2 unspecified atom stereocenters. The van der Waals surface area contributed by atoms with Crippen LogP contribution in [0.15, 0.2) is 22.7 Å². The molecule has 0 spiro atoms. The number of esters is 1. The second-order valence-electron chi connectivity index (χ2n) is 7.93. The van der Waals surface area contributed by atoms with E-state index in [-0.39, 0.29) is 11.9 Å². The highest BCUT2D eigenvalue weighted by molar-refractivity contribution is 9.10. The summed E-state index contributed by atoms with van der Waals surface area (Å²) in [7, 11) is -1.39. The van der Waals surface area contributed by atoms with E-state index in [1.807, 2.05) is 59.7 Å². The molecular formula is C20H31BrClNO3S. The van der Waals surface area contributed by atoms with Crippen molar-refractivity contribution in [2.75, 3.05) is 6.61 Å². The molecule has 0 aliphatic rings. The van der Waals surface area contributed by atoms with E-state index in [0.29, 0.717) is 11.6 Å². The van der Waals surface area contributed by atoms with E-state index in [0.717, 1.165) is 16.5 Å². The minimum Gasteiger partial charge on any atom is -0.466 e. The van der Waals surface area contributed by atoms with Crippen molar-refractivity contribution in [3.8, 4) is 0 Å². The zero-order chi connectivity index (χ0) is 21.0. The van der Waals surface area contributed by atoms with Crippen LogP contribution in [0.1, 0.15) is 60.5 Å². The predicted octanol–water partition coefficient (Wildman–Crippen LogP) is 5.59. The van der Waals surface area contributed by atoms with Crippen LogP contribution in [0.25, 0.3) is 0 Å². The Morgan fingerprint density at radius 1 is 1.30 bits per heavy atom. The molecule has 1 N–H and O–H groups in total. The number of benzene rings is 1. The van der Waals surface area contributed by atoms with Crippen LogP contribution in [0.5, 0.6) is 0 Å². The Morgan fingerprint density at radius 3 is 2.33 bits per heavy atom. The molecule has 4 atom stereocenters. The van der Waals surface area contributed by atoms with Gasteiger partial charge in [0.25, 0.3) is 0 Å². The zero-order valence-corrected chi connectivity index (χ0v) is 20.3. The molecule has 1 rings (SSSR count). The lowest BCUT2D eigenvalue weighted by molar-refractivity contribution is -0.153. The van der Waals surface area contributed by atoms with E-state index in [1.165, 1.54) is 0 Å². The number of carbonyl (C=O) groups is 1. The van der Waals surface area contributed by atoms with Crippen LogP contribution >= 0.6 is 27.5 Å². The van der Waals surface area contributed by atoms with Gasteiger partial charge in [0.15, 0.2) is 0 Å². The number of halogens is 2. The summed E-state index contributed by atoms with van der Waals surface area (Å²) in [5, 5.41) is 0.536. The van der Waals surface area contributed by atoms with Crippen LogP contribution in [0.2, 0.25) is 5.02 Å². The molecule has 27 heavy (non-hydrogen) atoms. The van der Waals surface area contributed by atoms with Gasteiger partial charge < -0.3 is 4.74 Å². The Balaban J connectivity index is 3.60. The van der Waals surface area contributed by atoms with E-state index >= 15 is 0 Å². The van der Waals surface area contributed by atoms with Gasteiger partial charge in [-0.05, 0) is 74.2 Å². The van der Waals surface area contributed by atoms with Gasteiger partial charge in [0.2, 0.25) is 0 Å². The van der Waals surface area contributed by atoms with Gasteiger partial charge in [0.1, 0.15) is 0 Å². The number of hydrogen-bond acceptors (Lipinski definition) is 3. The fourth-order valence-electron chi connectivity index (χ4n) is 2.97. The van der Waals surface area contributed by atoms with Crippen molar-refractivity contribution in [2.45, 2.75) is 65.2 Å². The van der Waals surface area contributed by atoms with Crippen LogP contribution in [0.4, 0.5) is 0 Å². The van der Waals surface area contributed by atoms with Gasteiger partial charge in [-0.1, -0.05) is 37.9 Å². The van der Waals surface area contributed by atoms with Gasteiger partial charge in [0, 0.05) is 4.47 Å². The molecule has 0 saturated heterocycles. The molecule has 4 nitrogen and oxygen atoms in total. The summed E-state index contributed by atoms with van der Waals surface area (Å²) in [6, 6.07) is 5.56. The summed E-state index contributed by atoms with van der Waals surface area (Å²) in [4.78, 5) is 12.9. The average Bonchev–Trinajstić information content (AvgIpc) is 2.56. The van der Waals surface area contributed by atoms with Crippen molar-refractivity contribution in [1.82, 2.24) is 4.72 Å². The fourth-order valence-corrected chi connectivity index (χ4v) is 4.33. The Bertz CT molecular complexity index is 692. The van der Waals surface area contributed by atoms with Crippen molar-refractivity contribution in [3.05, 3.63) is 33.3 Å². The number of rotatable bonds is 8. The highest BCUT2D eigenvalue weighted by atomic mass is 79.9. The van der Waals surface area contributed by atoms with Crippen molar-refractivity contribution in [1.29, 1.82) is 0 Å². The Labute approximate surface area is 179 Å². The molecule has 0 fully saturated rings. The van der Waals surface area contributed by atoms with Crippen molar-refractivity contribution in [2.24, 2.45) is 11.8 Å². The highest BCUT2D eigenvalue weighted by Crippen LogP contribution is 2.40. The second-order valence-corrected chi connectivity index (χ2v) is 11.2. The first-order valence-corrected chi connectivity index (χ1v) is 11.5. The molecule has 0 aliphatic heterocycles. The SMILES string of the molecule is CCOC(=O)C([C@@H](C)CC)[C@@](C)(NS(=O)C(C)(C)C)c1ccc(Br)c(Cl)c1. The van der Waals surface area contributed by atoms with Crippen LogP contribution in [-0.4, -0.2) is 21.5 Å². The number of hydrogen-bond donors (Lipinski definition) is 1. The monoisotopic (exact) mass is 479 g/mol. The van der Waals surface area contributed by atoms with Gasteiger partial charge in [-0.2, -0.15) is 0 Å². The largest absolute Gasteiger partial charge is 0.466 e. The Hall–Kier alpha value is -0.430. The number of nitrogens with one attached hydrogen (secondary N) is 1. The summed E-state index contributed by atoms with van der Waals surface area (Å²) in [6.45, 7) is 13.7. The van der Waals surface area contributed by atoms with Crippen LogP contribution in [-0.2, 0) is 26.1 Å². The molecule has 1 aromatic rings. The van der Waals surface area contributed by atoms with Crippen molar-refractivity contribution >= 4 is 44.5 Å². The molecular weight excluding hydrogens is 450 g/mol. The van der Waals surface area contributed by atoms with Crippen LogP contribution in [0.3, 0.4) is 0 Å². The average molecular weight is 481 g/mol. The van der Waals surface area contributed by atoms with E-state index in [4.69, 9.17) is 16.3 Å². The Morgan fingerprint density at radius 2 is 1.89 bits per heavy atom. The van der Waals surface area contributed by atoms with Gasteiger partial charge in [-0.3, -0.25) is 4.79 Å². The predicted molar refractivity (Wildman–Crippen MR) is 117 cm³/mol. The molecule has 0 radical (unpaired) electrons. The van der Waals surface area contributed by atoms with Crippen molar-refractivity contribution in [3.63, 3.8) is 0 Å². The standard InChI is InChI=1S/C20H31BrClNO3S/c1-8-13(3)17(18(24)26-9-2)20(7,23-27(25)19(4,5)6)14-10-11-15(21)16(22)12-14/h10-13,17,23H,8-9H2,1-7H3/t13-,17?,20-,27?/m0/s1. The maximum absolute atomic E-state index is 13.0. The Kier molecular flexibility index (Phi) is 8.98. The molecule has 0 bridgehead atoms. The van der Waals surface area contributed by atoms with E-state index in [2.05, 4.69) is 20.7 Å². The minimum absolute atomic E-state index is 0.0148. The lowest BCUT2D eigenvalue weighted by Crippen LogP contribution is -2.54. The maximum atomic E-state index is 13.0. The number of carbonyl (C=O) groups excluding carboxylic acids is 1. The zero-order valence-electron chi connectivity index (χ0n) is 17.2. The summed E-state index contributed by atoms with van der Waals surface area (Å²) in [5.41, 5.74) is -0.115. The highest BCUT2D eigenvalue weighted by Gasteiger charge is 2.46. The van der Waals surface area contributed by atoms with Crippen LogP contribution < -0.4 is 4.72 Å². The topological polar surface area (TPSA) is 55.4 Å². The normalized spacial score (nSPS) is 17.7.